The van der Waals surface area contributed by atoms with Crippen LogP contribution in [0.3, 0.4) is 0 Å². The molecule has 1 saturated heterocycles. The number of hydrogen-bond acceptors (Lipinski definition) is 3. The van der Waals surface area contributed by atoms with Gasteiger partial charge < -0.3 is 15.1 Å². The lowest BCUT2D eigenvalue weighted by atomic mass is 9.80. The maximum atomic E-state index is 14.1. The molecule has 0 radical (unpaired) electrons. The first-order chi connectivity index (χ1) is 18.3. The molecule has 2 atom stereocenters. The highest BCUT2D eigenvalue weighted by Gasteiger charge is 2.62. The van der Waals surface area contributed by atoms with Crippen LogP contribution in [0, 0.1) is 12.8 Å². The van der Waals surface area contributed by atoms with Crippen molar-refractivity contribution in [2.75, 3.05) is 26.7 Å². The van der Waals surface area contributed by atoms with Crippen LogP contribution in [-0.2, 0) is 27.1 Å². The molecule has 5 heteroatoms. The largest absolute Gasteiger partial charge is 0.347 e. The Bertz CT molecular complexity index is 1270. The molecule has 2 amide bonds. The Balaban J connectivity index is 1.32. The Labute approximate surface area is 226 Å². The SMILES string of the molecule is CC(=O)NC1(c2ccccc2)CCN(C[C@@H]2C[C@@]2(C(=O)N(C)Cc2ccccc2)c2cccc(C)c2)CC1. The van der Waals surface area contributed by atoms with Crippen LogP contribution in [-0.4, -0.2) is 48.3 Å². The zero-order valence-corrected chi connectivity index (χ0v) is 22.8. The fourth-order valence-corrected chi connectivity index (χ4v) is 6.49. The third-order valence-corrected chi connectivity index (χ3v) is 8.56. The van der Waals surface area contributed by atoms with Gasteiger partial charge in [0.2, 0.25) is 11.8 Å². The van der Waals surface area contributed by atoms with Crippen molar-refractivity contribution < 1.29 is 9.59 Å². The molecule has 1 N–H and O–H groups in total. The van der Waals surface area contributed by atoms with Crippen LogP contribution in [0.15, 0.2) is 84.9 Å². The van der Waals surface area contributed by atoms with E-state index in [-0.39, 0.29) is 23.3 Å². The summed E-state index contributed by atoms with van der Waals surface area (Å²) < 4.78 is 0. The van der Waals surface area contributed by atoms with E-state index in [4.69, 9.17) is 0 Å². The molecule has 2 fully saturated rings. The molecule has 3 aromatic rings. The van der Waals surface area contributed by atoms with Gasteiger partial charge in [0, 0.05) is 40.2 Å². The van der Waals surface area contributed by atoms with E-state index >= 15 is 0 Å². The second kappa shape index (κ2) is 10.7. The van der Waals surface area contributed by atoms with E-state index in [0.717, 1.165) is 50.0 Å². The van der Waals surface area contributed by atoms with E-state index in [0.29, 0.717) is 6.54 Å². The van der Waals surface area contributed by atoms with Gasteiger partial charge in [-0.3, -0.25) is 9.59 Å². The summed E-state index contributed by atoms with van der Waals surface area (Å²) in [7, 11) is 1.94. The van der Waals surface area contributed by atoms with E-state index < -0.39 is 5.41 Å². The van der Waals surface area contributed by atoms with E-state index in [2.05, 4.69) is 65.7 Å². The summed E-state index contributed by atoms with van der Waals surface area (Å²) >= 11 is 0. The summed E-state index contributed by atoms with van der Waals surface area (Å²) in [5, 5.41) is 3.28. The summed E-state index contributed by atoms with van der Waals surface area (Å²) in [5.74, 6) is 0.501. The van der Waals surface area contributed by atoms with Crippen molar-refractivity contribution in [1.29, 1.82) is 0 Å². The summed E-state index contributed by atoms with van der Waals surface area (Å²) in [6.45, 7) is 6.99. The third kappa shape index (κ3) is 5.25. The number of nitrogens with one attached hydrogen (secondary N) is 1. The van der Waals surface area contributed by atoms with Crippen LogP contribution < -0.4 is 5.32 Å². The third-order valence-electron chi connectivity index (χ3n) is 8.56. The number of amides is 2. The van der Waals surface area contributed by atoms with Crippen molar-refractivity contribution in [1.82, 2.24) is 15.1 Å². The summed E-state index contributed by atoms with van der Waals surface area (Å²) in [6.07, 6.45) is 2.60. The van der Waals surface area contributed by atoms with Crippen molar-refractivity contribution in [2.45, 2.75) is 50.6 Å². The number of hydrogen-bond donors (Lipinski definition) is 1. The molecule has 0 spiro atoms. The number of carbonyl (C=O) groups excluding carboxylic acids is 2. The van der Waals surface area contributed by atoms with E-state index in [1.54, 1.807) is 6.92 Å². The highest BCUT2D eigenvalue weighted by atomic mass is 16.2. The highest BCUT2D eigenvalue weighted by molar-refractivity contribution is 5.92. The molecule has 5 rings (SSSR count). The lowest BCUT2D eigenvalue weighted by Crippen LogP contribution is -2.53. The number of nitrogens with zero attached hydrogens (tertiary/aromatic N) is 2. The second-order valence-corrected chi connectivity index (χ2v) is 11.3. The maximum Gasteiger partial charge on any atom is 0.233 e. The van der Waals surface area contributed by atoms with E-state index in [1.165, 1.54) is 11.1 Å². The maximum absolute atomic E-state index is 14.1. The minimum Gasteiger partial charge on any atom is -0.347 e. The predicted molar refractivity (Wildman–Crippen MR) is 151 cm³/mol. The normalized spacial score (nSPS) is 22.4. The van der Waals surface area contributed by atoms with E-state index in [9.17, 15) is 9.59 Å². The zero-order valence-electron chi connectivity index (χ0n) is 22.8. The first-order valence-corrected chi connectivity index (χ1v) is 13.8. The molecule has 5 nitrogen and oxygen atoms in total. The molecule has 1 aliphatic carbocycles. The topological polar surface area (TPSA) is 52.7 Å². The quantitative estimate of drug-likeness (QED) is 0.463. The Morgan fingerprint density at radius 3 is 2.18 bits per heavy atom. The van der Waals surface area contributed by atoms with Gasteiger partial charge in [0.05, 0.1) is 11.0 Å². The number of benzene rings is 3. The molecule has 1 saturated carbocycles. The summed E-state index contributed by atoms with van der Waals surface area (Å²) in [6, 6.07) is 29.1. The Morgan fingerprint density at radius 2 is 1.55 bits per heavy atom. The van der Waals surface area contributed by atoms with Gasteiger partial charge in [0.25, 0.3) is 0 Å². The van der Waals surface area contributed by atoms with Gasteiger partial charge in [0.1, 0.15) is 0 Å². The van der Waals surface area contributed by atoms with Crippen LogP contribution in [0.4, 0.5) is 0 Å². The Kier molecular flexibility index (Phi) is 7.40. The van der Waals surface area contributed by atoms with Gasteiger partial charge in [-0.15, -0.1) is 0 Å². The number of aryl methyl sites for hydroxylation is 1. The van der Waals surface area contributed by atoms with Crippen LogP contribution in [0.5, 0.6) is 0 Å². The monoisotopic (exact) mass is 509 g/mol. The lowest BCUT2D eigenvalue weighted by Gasteiger charge is -2.43. The molecule has 38 heavy (non-hydrogen) atoms. The Morgan fingerprint density at radius 1 is 0.921 bits per heavy atom. The first-order valence-electron chi connectivity index (χ1n) is 13.8. The standard InChI is InChI=1S/C33H39N3O2/c1-25-11-10-16-29(21-25)33(31(38)35(3)23-27-12-6-4-7-13-27)22-30(33)24-36-19-17-32(18-20-36,34-26(2)37)28-14-8-5-9-15-28/h4-16,21,30H,17-20,22-24H2,1-3H3,(H,34,37)/t30-,33+/m0/s1. The number of carbonyl (C=O) groups is 2. The van der Waals surface area contributed by atoms with E-state index in [1.807, 2.05) is 48.3 Å². The minimum atomic E-state index is -0.471. The number of likely N-dealkylation sites (N-methyl/N-ethyl adjacent to an activating group) is 1. The highest BCUT2D eigenvalue weighted by Crippen LogP contribution is 2.56. The molecule has 1 heterocycles. The summed E-state index contributed by atoms with van der Waals surface area (Å²) in [4.78, 5) is 30.6. The van der Waals surface area contributed by atoms with Crippen LogP contribution in [0.1, 0.15) is 48.4 Å². The predicted octanol–water partition coefficient (Wildman–Crippen LogP) is 5.04. The van der Waals surface area contributed by atoms with Crippen molar-refractivity contribution >= 4 is 11.8 Å². The van der Waals surface area contributed by atoms with Crippen molar-refractivity contribution in [3.63, 3.8) is 0 Å². The molecule has 0 aromatic heterocycles. The molecule has 3 aromatic carbocycles. The lowest BCUT2D eigenvalue weighted by molar-refractivity contribution is -0.133. The molecule has 198 valence electrons. The van der Waals surface area contributed by atoms with Crippen LogP contribution >= 0.6 is 0 Å². The molecule has 2 aliphatic rings. The van der Waals surface area contributed by atoms with Crippen molar-refractivity contribution in [2.24, 2.45) is 5.92 Å². The van der Waals surface area contributed by atoms with Gasteiger partial charge in [-0.2, -0.15) is 0 Å². The van der Waals surface area contributed by atoms with Gasteiger partial charge in [-0.1, -0.05) is 90.5 Å². The van der Waals surface area contributed by atoms with Crippen LogP contribution in [0.25, 0.3) is 0 Å². The zero-order chi connectivity index (χ0) is 26.8. The van der Waals surface area contributed by atoms with Crippen molar-refractivity contribution in [3.05, 3.63) is 107 Å². The fourth-order valence-electron chi connectivity index (χ4n) is 6.49. The van der Waals surface area contributed by atoms with Crippen LogP contribution in [0.2, 0.25) is 0 Å². The van der Waals surface area contributed by atoms with Gasteiger partial charge >= 0.3 is 0 Å². The van der Waals surface area contributed by atoms with Gasteiger partial charge in [0.15, 0.2) is 0 Å². The average molecular weight is 510 g/mol. The second-order valence-electron chi connectivity index (χ2n) is 11.3. The Hall–Kier alpha value is -3.44. The fraction of sp³-hybridized carbons (Fsp3) is 0.394. The van der Waals surface area contributed by atoms with Gasteiger partial charge in [-0.25, -0.2) is 0 Å². The molecular formula is C33H39N3O2. The molecular weight excluding hydrogens is 470 g/mol. The summed E-state index contributed by atoms with van der Waals surface area (Å²) in [5.41, 5.74) is 3.85. The minimum absolute atomic E-state index is 0.00927. The number of rotatable bonds is 8. The first kappa shape index (κ1) is 26.2. The average Bonchev–Trinajstić information content (AvgIpc) is 3.65. The van der Waals surface area contributed by atoms with Gasteiger partial charge in [-0.05, 0) is 48.8 Å². The molecule has 0 unspecified atom stereocenters. The number of piperidine rings is 1. The molecule has 0 bridgehead atoms. The van der Waals surface area contributed by atoms with Crippen molar-refractivity contribution in [3.8, 4) is 0 Å². The smallest absolute Gasteiger partial charge is 0.233 e. The molecule has 1 aliphatic heterocycles. The number of likely N-dealkylation sites (tertiary alicyclic amines) is 1.